The SMILES string of the molecule is CCCCCCI.CCCCCCOC(=O)c1ccccc1/C=N/N(C)c1nc(-c2ccccc2Cl)cs1.CN(/N=C/c1ccccc1C(=O)O)c1nc(-c2ccccc2Cl)cs1.[B][B]B([B])B([B])[B]. The van der Waals surface area contributed by atoms with Crippen molar-refractivity contribution in [3.63, 3.8) is 0 Å². The lowest BCUT2D eigenvalue weighted by molar-refractivity contribution is 0.0497. The second-order valence-corrected chi connectivity index (χ2v) is 18.9. The molecule has 70 heavy (non-hydrogen) atoms. The number of carbonyl (C=O) groups excluding carboxylic acids is 1. The molecule has 0 saturated carbocycles. The number of carboxylic acid groups (broad SMARTS) is 1. The second-order valence-electron chi connectivity index (χ2n) is 15.3. The first-order valence-electron chi connectivity index (χ1n) is 22.7. The van der Waals surface area contributed by atoms with Gasteiger partial charge in [-0.15, -0.1) is 22.7 Å². The summed E-state index contributed by atoms with van der Waals surface area (Å²) in [6, 6.07) is 29.1. The first-order chi connectivity index (χ1) is 33.8. The predicted molar refractivity (Wildman–Crippen MR) is 315 cm³/mol. The van der Waals surface area contributed by atoms with Gasteiger partial charge in [0.15, 0.2) is 0 Å². The Hall–Kier alpha value is -4.22. The minimum absolute atomic E-state index is 0.204. The average Bonchev–Trinajstić information content (AvgIpc) is 4.08. The van der Waals surface area contributed by atoms with Crippen LogP contribution in [0.4, 0.5) is 10.3 Å². The number of unbranched alkanes of at least 4 members (excludes halogenated alkanes) is 6. The fourth-order valence-electron chi connectivity index (χ4n) is 5.83. The standard InChI is InChI=1S/C24H26ClN3O2S.C18H14ClN3O2S.C6H13I.B7/c1-3-4-5-10-15-30-23(29)19-12-7-6-11-18(19)16-26-28(2)24-27-22(17-31-24)20-13-8-9-14-21(20)25;1-22(20-10-12-6-2-3-7-13(12)17(23)24)18-21-16(11-25-18)14-8-4-5-9-15(14)19;1-2-3-4-5-6-7;1-5-7(4)6(2)3/h6-9,11-14,16-17H,3-5,10,15H2,1-2H3;2-11H,1H3,(H,23,24);2-6H2,1H3;/b26-16+;20-10+;;. The van der Waals surface area contributed by atoms with Crippen molar-refractivity contribution >= 4 is 154 Å². The topological polar surface area (TPSA) is 121 Å². The van der Waals surface area contributed by atoms with E-state index in [1.807, 2.05) is 84.5 Å². The Bertz CT molecular complexity index is 2540. The Morgan fingerprint density at radius 2 is 1.16 bits per heavy atom. The van der Waals surface area contributed by atoms with Gasteiger partial charge in [0, 0.05) is 108 Å². The maximum absolute atomic E-state index is 12.5. The van der Waals surface area contributed by atoms with Gasteiger partial charge in [0.1, 0.15) is 0 Å². The first-order valence-corrected chi connectivity index (χ1v) is 26.7. The number of anilines is 2. The third-order valence-corrected chi connectivity index (χ3v) is 13.1. The van der Waals surface area contributed by atoms with Crippen molar-refractivity contribution in [3.05, 3.63) is 140 Å². The van der Waals surface area contributed by atoms with Crippen LogP contribution in [0.25, 0.3) is 22.5 Å². The van der Waals surface area contributed by atoms with Crippen molar-refractivity contribution in [2.45, 2.75) is 65.2 Å². The zero-order valence-electron chi connectivity index (χ0n) is 40.0. The van der Waals surface area contributed by atoms with Crippen LogP contribution >= 0.6 is 68.5 Å². The summed E-state index contributed by atoms with van der Waals surface area (Å²) >= 11 is 17.8. The fraction of sp³-hybridized carbons (Fsp3) is 0.292. The molecule has 6 rings (SSSR count). The largest absolute Gasteiger partial charge is 0.478 e. The zero-order chi connectivity index (χ0) is 51.3. The number of carbonyl (C=O) groups is 2. The van der Waals surface area contributed by atoms with E-state index < -0.39 is 12.4 Å². The van der Waals surface area contributed by atoms with Crippen LogP contribution in [-0.4, -0.2) is 115 Å². The Morgan fingerprint density at radius 1 is 0.714 bits per heavy atom. The van der Waals surface area contributed by atoms with E-state index in [9.17, 15) is 14.7 Å². The molecule has 353 valence electrons. The quantitative estimate of drug-likeness (QED) is 0.0144. The number of hydrogen-bond donors (Lipinski definition) is 1. The van der Waals surface area contributed by atoms with E-state index in [-0.39, 0.29) is 17.9 Å². The Balaban J connectivity index is 0.000000295. The van der Waals surface area contributed by atoms with Gasteiger partial charge in [-0.3, -0.25) is 0 Å². The summed E-state index contributed by atoms with van der Waals surface area (Å²) < 4.78 is 6.76. The van der Waals surface area contributed by atoms with Gasteiger partial charge >= 0.3 is 11.9 Å². The van der Waals surface area contributed by atoms with E-state index in [1.54, 1.807) is 53.6 Å². The summed E-state index contributed by atoms with van der Waals surface area (Å²) in [7, 11) is 25.2. The second kappa shape index (κ2) is 34.2. The maximum Gasteiger partial charge on any atom is 0.338 e. The predicted octanol–water partition coefficient (Wildman–Crippen LogP) is 11.6. The van der Waals surface area contributed by atoms with Crippen LogP contribution in [-0.2, 0) is 4.74 Å². The molecule has 0 bridgehead atoms. The summed E-state index contributed by atoms with van der Waals surface area (Å²) in [6.45, 7) is 4.84. The molecule has 1 N–H and O–H groups in total. The Kier molecular flexibility index (Phi) is 29.4. The number of alkyl halides is 1. The number of aromatic nitrogens is 2. The van der Waals surface area contributed by atoms with Crippen LogP contribution in [0.15, 0.2) is 118 Å². The molecule has 9 radical (unpaired) electrons. The minimum atomic E-state index is -0.986. The number of benzene rings is 4. The Morgan fingerprint density at radius 3 is 1.59 bits per heavy atom. The molecule has 22 heteroatoms. The molecule has 6 aromatic rings. The van der Waals surface area contributed by atoms with Gasteiger partial charge in [0.2, 0.25) is 10.3 Å². The average molecular weight is 1120 g/mol. The van der Waals surface area contributed by atoms with E-state index in [0.29, 0.717) is 38.5 Å². The molecule has 0 aliphatic carbocycles. The summed E-state index contributed by atoms with van der Waals surface area (Å²) in [5.74, 6) is -1.31. The number of halogens is 3. The lowest BCUT2D eigenvalue weighted by Gasteiger charge is -2.10. The highest BCUT2D eigenvalue weighted by molar-refractivity contribution is 14.1. The highest BCUT2D eigenvalue weighted by Crippen LogP contribution is 2.33. The van der Waals surface area contributed by atoms with E-state index in [4.69, 9.17) is 58.9 Å². The van der Waals surface area contributed by atoms with E-state index >= 15 is 0 Å². The van der Waals surface area contributed by atoms with Crippen LogP contribution in [0.5, 0.6) is 0 Å². The molecule has 2 aromatic heterocycles. The maximum atomic E-state index is 12.5. The van der Waals surface area contributed by atoms with Crippen molar-refractivity contribution in [1.82, 2.24) is 9.97 Å². The van der Waals surface area contributed by atoms with E-state index in [2.05, 4.69) is 56.6 Å². The van der Waals surface area contributed by atoms with Gasteiger partial charge in [0.25, 0.3) is 0 Å². The van der Waals surface area contributed by atoms with Crippen LogP contribution in [0.1, 0.15) is 97.1 Å². The van der Waals surface area contributed by atoms with Crippen molar-refractivity contribution in [2.24, 2.45) is 10.2 Å². The van der Waals surface area contributed by atoms with Gasteiger partial charge in [-0.05, 0) is 41.5 Å². The molecule has 2 heterocycles. The number of thiazole rings is 2. The molecule has 0 aliphatic heterocycles. The monoisotopic (exact) mass is 1120 g/mol. The number of carboxylic acids is 1. The highest BCUT2D eigenvalue weighted by Gasteiger charge is 2.15. The third kappa shape index (κ3) is 21.2. The lowest BCUT2D eigenvalue weighted by atomic mass is 8.76. The molecular weight excluding hydrogens is 1060 g/mol. The molecule has 4 aromatic carbocycles. The molecule has 0 atom stereocenters. The number of ether oxygens (including phenoxy) is 1. The van der Waals surface area contributed by atoms with Crippen molar-refractivity contribution in [3.8, 4) is 22.5 Å². The number of hydrazone groups is 2. The molecule has 0 fully saturated rings. The lowest BCUT2D eigenvalue weighted by Crippen LogP contribution is -2.43. The van der Waals surface area contributed by atoms with Gasteiger partial charge < -0.3 is 9.84 Å². The van der Waals surface area contributed by atoms with Crippen molar-refractivity contribution in [2.75, 3.05) is 35.1 Å². The summed E-state index contributed by atoms with van der Waals surface area (Å²) in [4.78, 5) is 32.9. The van der Waals surface area contributed by atoms with Gasteiger partial charge in [-0.2, -0.15) is 10.2 Å². The Labute approximate surface area is 453 Å². The van der Waals surface area contributed by atoms with Crippen molar-refractivity contribution < 1.29 is 19.4 Å². The number of aromatic carboxylic acids is 1. The highest BCUT2D eigenvalue weighted by atomic mass is 127. The first kappa shape index (κ1) is 60.1. The number of nitrogens with zero attached hydrogens (tertiary/aromatic N) is 6. The van der Waals surface area contributed by atoms with Crippen LogP contribution in [0, 0.1) is 0 Å². The van der Waals surface area contributed by atoms with Crippen LogP contribution in [0.2, 0.25) is 10.0 Å². The molecule has 0 saturated heterocycles. The smallest absolute Gasteiger partial charge is 0.338 e. The summed E-state index contributed by atoms with van der Waals surface area (Å²) in [5.41, 5.74) is 5.27. The van der Waals surface area contributed by atoms with Crippen LogP contribution < -0.4 is 10.0 Å². The summed E-state index contributed by atoms with van der Waals surface area (Å²) in [6.07, 6.45) is 12.1. The van der Waals surface area contributed by atoms with Gasteiger partial charge in [-0.1, -0.05) is 171 Å². The molecule has 0 aliphatic rings. The summed E-state index contributed by atoms with van der Waals surface area (Å²) in [5, 5.41) is 27.8. The normalized spacial score (nSPS) is 10.5. The molecule has 0 unspecified atom stereocenters. The number of hydrogen-bond acceptors (Lipinski definition) is 11. The van der Waals surface area contributed by atoms with E-state index in [0.717, 1.165) is 53.3 Å². The van der Waals surface area contributed by atoms with E-state index in [1.165, 1.54) is 66.1 Å². The molecule has 0 amide bonds. The van der Waals surface area contributed by atoms with Crippen molar-refractivity contribution in [1.29, 1.82) is 0 Å². The molecular formula is C48H53B7Cl2IN6O4S2. The molecule has 10 nitrogen and oxygen atoms in total. The van der Waals surface area contributed by atoms with Gasteiger partial charge in [0.05, 0.1) is 41.6 Å². The zero-order valence-corrected chi connectivity index (χ0v) is 45.3. The minimum Gasteiger partial charge on any atom is -0.478 e. The third-order valence-electron chi connectivity index (χ3n) is 9.83. The number of rotatable bonds is 21. The van der Waals surface area contributed by atoms with Crippen LogP contribution in [0.3, 0.4) is 0 Å². The molecule has 0 spiro atoms. The number of esters is 1. The van der Waals surface area contributed by atoms with Gasteiger partial charge in [-0.25, -0.2) is 29.6 Å². The fourth-order valence-corrected chi connectivity index (χ4v) is 8.33.